The lowest BCUT2D eigenvalue weighted by Gasteiger charge is -2.27. The first-order valence-electron chi connectivity index (χ1n) is 6.39. The van der Waals surface area contributed by atoms with Crippen molar-refractivity contribution in [3.63, 3.8) is 0 Å². The molecule has 0 aliphatic rings. The number of rotatable bonds is 6. The van der Waals surface area contributed by atoms with E-state index >= 15 is 0 Å². The molecule has 2 heterocycles. The van der Waals surface area contributed by atoms with Crippen LogP contribution < -0.4 is 0 Å². The topological polar surface area (TPSA) is 59.4 Å². The van der Waals surface area contributed by atoms with Crippen LogP contribution in [0.25, 0.3) is 10.6 Å². The molecule has 4 nitrogen and oxygen atoms in total. The molecule has 0 aromatic carbocycles. The minimum atomic E-state index is -0.906. The predicted octanol–water partition coefficient (Wildman–Crippen LogP) is 4.23. The summed E-state index contributed by atoms with van der Waals surface area (Å²) in [6.45, 7) is 4.17. The molecule has 0 atom stereocenters. The van der Waals surface area contributed by atoms with E-state index in [1.807, 2.05) is 5.38 Å². The third kappa shape index (κ3) is 2.63. The largest absolute Gasteiger partial charge is 0.478 e. The fraction of sp³-hybridized carbons (Fsp3) is 0.429. The molecule has 0 aliphatic heterocycles. The smallest absolute Gasteiger partial charge is 0.336 e. The molecule has 0 amide bonds. The summed E-state index contributed by atoms with van der Waals surface area (Å²) in [4.78, 5) is 16.4. The van der Waals surface area contributed by atoms with Crippen LogP contribution in [0, 0.1) is 0 Å². The first-order valence-corrected chi connectivity index (χ1v) is 8.15. The number of methoxy groups -OCH3 is 1. The Morgan fingerprint density at radius 3 is 2.55 bits per heavy atom. The molecule has 2 aromatic heterocycles. The van der Waals surface area contributed by atoms with E-state index in [1.54, 1.807) is 29.9 Å². The van der Waals surface area contributed by atoms with Crippen molar-refractivity contribution in [1.82, 2.24) is 4.98 Å². The lowest BCUT2D eigenvalue weighted by Crippen LogP contribution is -2.26. The molecule has 0 radical (unpaired) electrons. The van der Waals surface area contributed by atoms with Gasteiger partial charge in [-0.3, -0.25) is 0 Å². The van der Waals surface area contributed by atoms with Crippen LogP contribution >= 0.6 is 22.7 Å². The SMILES string of the molecule is CCC(CC)(OC)c1nc(-c2cc(C(=O)O)cs2)cs1. The second-order valence-electron chi connectivity index (χ2n) is 4.45. The van der Waals surface area contributed by atoms with Crippen molar-refractivity contribution >= 4 is 28.6 Å². The normalized spacial score (nSPS) is 11.8. The van der Waals surface area contributed by atoms with Crippen LogP contribution in [-0.2, 0) is 10.3 Å². The Hall–Kier alpha value is -1.24. The Kier molecular flexibility index (Phi) is 4.57. The molecule has 20 heavy (non-hydrogen) atoms. The first-order chi connectivity index (χ1) is 9.56. The van der Waals surface area contributed by atoms with Crippen molar-refractivity contribution < 1.29 is 14.6 Å². The molecular formula is C14H17NO3S2. The summed E-state index contributed by atoms with van der Waals surface area (Å²) >= 11 is 2.97. The second-order valence-corrected chi connectivity index (χ2v) is 6.22. The highest BCUT2D eigenvalue weighted by Crippen LogP contribution is 2.37. The highest BCUT2D eigenvalue weighted by molar-refractivity contribution is 7.14. The zero-order valence-corrected chi connectivity index (χ0v) is 13.3. The maximum absolute atomic E-state index is 10.9. The van der Waals surface area contributed by atoms with Crippen LogP contribution in [0.4, 0.5) is 0 Å². The maximum atomic E-state index is 10.9. The van der Waals surface area contributed by atoms with Crippen LogP contribution in [0.5, 0.6) is 0 Å². The van der Waals surface area contributed by atoms with E-state index in [-0.39, 0.29) is 5.60 Å². The number of carbonyl (C=O) groups is 1. The van der Waals surface area contributed by atoms with Crippen LogP contribution in [0.2, 0.25) is 0 Å². The molecule has 2 rings (SSSR count). The average molecular weight is 311 g/mol. The van der Waals surface area contributed by atoms with Gasteiger partial charge < -0.3 is 9.84 Å². The molecule has 0 spiro atoms. The number of aromatic nitrogens is 1. The molecule has 0 saturated carbocycles. The van der Waals surface area contributed by atoms with E-state index in [9.17, 15) is 4.79 Å². The summed E-state index contributed by atoms with van der Waals surface area (Å²) in [7, 11) is 1.71. The first kappa shape index (κ1) is 15.2. The number of thiophene rings is 1. The quantitative estimate of drug-likeness (QED) is 0.867. The Labute approximate surface area is 126 Å². The average Bonchev–Trinajstić information content (AvgIpc) is 3.10. The highest BCUT2D eigenvalue weighted by atomic mass is 32.1. The molecule has 108 valence electrons. The number of hydrogen-bond donors (Lipinski definition) is 1. The van der Waals surface area contributed by atoms with E-state index < -0.39 is 5.97 Å². The van der Waals surface area contributed by atoms with Gasteiger partial charge in [-0.2, -0.15) is 0 Å². The van der Waals surface area contributed by atoms with Gasteiger partial charge in [-0.1, -0.05) is 13.8 Å². The molecule has 0 fully saturated rings. The van der Waals surface area contributed by atoms with E-state index in [2.05, 4.69) is 18.8 Å². The minimum absolute atomic E-state index is 0.309. The third-order valence-corrected chi connectivity index (χ3v) is 5.51. The van der Waals surface area contributed by atoms with Gasteiger partial charge in [-0.15, -0.1) is 22.7 Å². The van der Waals surface area contributed by atoms with Crippen molar-refractivity contribution in [3.05, 3.63) is 27.4 Å². The van der Waals surface area contributed by atoms with Gasteiger partial charge in [-0.25, -0.2) is 9.78 Å². The number of nitrogens with zero attached hydrogens (tertiary/aromatic N) is 1. The standard InChI is InChI=1S/C14H17NO3S2/c1-4-14(5-2,18-3)13-15-10(8-20-13)11-6-9(7-19-11)12(16)17/h6-8H,4-5H2,1-3H3,(H,16,17). The van der Waals surface area contributed by atoms with Gasteiger partial charge in [0.1, 0.15) is 10.6 Å². The molecule has 0 bridgehead atoms. The zero-order chi connectivity index (χ0) is 14.8. The van der Waals surface area contributed by atoms with Gasteiger partial charge in [0.25, 0.3) is 0 Å². The van der Waals surface area contributed by atoms with Crippen LogP contribution in [0.15, 0.2) is 16.8 Å². The molecule has 0 saturated heterocycles. The van der Waals surface area contributed by atoms with Gasteiger partial charge in [0.2, 0.25) is 0 Å². The van der Waals surface area contributed by atoms with E-state index in [4.69, 9.17) is 9.84 Å². The Balaban J connectivity index is 2.34. The fourth-order valence-corrected chi connectivity index (χ4v) is 4.17. The van der Waals surface area contributed by atoms with Crippen molar-refractivity contribution in [2.45, 2.75) is 32.3 Å². The monoisotopic (exact) mass is 311 g/mol. The number of hydrogen-bond acceptors (Lipinski definition) is 5. The van der Waals surface area contributed by atoms with Crippen LogP contribution in [-0.4, -0.2) is 23.2 Å². The minimum Gasteiger partial charge on any atom is -0.478 e. The van der Waals surface area contributed by atoms with E-state index in [1.165, 1.54) is 11.3 Å². The highest BCUT2D eigenvalue weighted by Gasteiger charge is 2.31. The molecular weight excluding hydrogens is 294 g/mol. The molecule has 6 heteroatoms. The van der Waals surface area contributed by atoms with Crippen LogP contribution in [0.3, 0.4) is 0 Å². The van der Waals surface area contributed by atoms with Crippen LogP contribution in [0.1, 0.15) is 42.1 Å². The molecule has 1 N–H and O–H groups in total. The van der Waals surface area contributed by atoms with E-state index in [0.29, 0.717) is 5.56 Å². The molecule has 2 aromatic rings. The lowest BCUT2D eigenvalue weighted by molar-refractivity contribution is -0.0218. The van der Waals surface area contributed by atoms with Gasteiger partial charge >= 0.3 is 5.97 Å². The summed E-state index contributed by atoms with van der Waals surface area (Å²) in [5, 5.41) is 13.5. The van der Waals surface area contributed by atoms with Crippen molar-refractivity contribution in [2.75, 3.05) is 7.11 Å². The number of aromatic carboxylic acids is 1. The van der Waals surface area contributed by atoms with Crippen molar-refractivity contribution in [3.8, 4) is 10.6 Å². The number of ether oxygens (including phenoxy) is 1. The summed E-state index contributed by atoms with van der Waals surface area (Å²) in [5.74, 6) is -0.906. The zero-order valence-electron chi connectivity index (χ0n) is 11.7. The number of carboxylic acids is 1. The number of thiazole rings is 1. The van der Waals surface area contributed by atoms with Gasteiger partial charge in [0.05, 0.1) is 16.1 Å². The molecule has 0 unspecified atom stereocenters. The summed E-state index contributed by atoms with van der Waals surface area (Å²) in [6.07, 6.45) is 1.72. The second kappa shape index (κ2) is 6.03. The number of carboxylic acid groups (broad SMARTS) is 1. The predicted molar refractivity (Wildman–Crippen MR) is 81.7 cm³/mol. The summed E-state index contributed by atoms with van der Waals surface area (Å²) in [6, 6.07) is 1.66. The maximum Gasteiger partial charge on any atom is 0.336 e. The Morgan fingerprint density at radius 2 is 2.05 bits per heavy atom. The van der Waals surface area contributed by atoms with Gasteiger partial charge in [0.15, 0.2) is 0 Å². The van der Waals surface area contributed by atoms with Crippen molar-refractivity contribution in [1.29, 1.82) is 0 Å². The van der Waals surface area contributed by atoms with Gasteiger partial charge in [-0.05, 0) is 18.9 Å². The summed E-state index contributed by atoms with van der Waals surface area (Å²) in [5.41, 5.74) is 0.796. The van der Waals surface area contributed by atoms with Gasteiger partial charge in [0, 0.05) is 17.9 Å². The van der Waals surface area contributed by atoms with Crippen molar-refractivity contribution in [2.24, 2.45) is 0 Å². The Morgan fingerprint density at radius 1 is 1.35 bits per heavy atom. The van der Waals surface area contributed by atoms with E-state index in [0.717, 1.165) is 28.4 Å². The lowest BCUT2D eigenvalue weighted by atomic mass is 9.98. The fourth-order valence-electron chi connectivity index (χ4n) is 2.11. The Bertz CT molecular complexity index is 591. The summed E-state index contributed by atoms with van der Waals surface area (Å²) < 4.78 is 5.67. The molecule has 0 aliphatic carbocycles. The third-order valence-electron chi connectivity index (χ3n) is 3.53.